The average molecular weight is 673 g/mol. The predicted octanol–water partition coefficient (Wildman–Crippen LogP) is -1.64. The van der Waals surface area contributed by atoms with Crippen LogP contribution < -0.4 is 16.2 Å². The van der Waals surface area contributed by atoms with E-state index in [0.29, 0.717) is 0 Å². The second kappa shape index (κ2) is 9.97. The second-order valence-corrected chi connectivity index (χ2v) is 13.1. The van der Waals surface area contributed by atoms with Crippen LogP contribution in [0.25, 0.3) is 22.3 Å². The minimum Gasteiger partial charge on any atom is -0.382 e. The van der Waals surface area contributed by atoms with Crippen LogP contribution in [0.1, 0.15) is 12.5 Å². The molecule has 0 saturated carbocycles. The lowest BCUT2D eigenvalue weighted by atomic mass is 10.1. The summed E-state index contributed by atoms with van der Waals surface area (Å²) in [5, 5.41) is 0. The van der Waals surface area contributed by atoms with Crippen LogP contribution in [-0.4, -0.2) is 102 Å². The number of nitrogens with zero attached hydrogens (tertiary/aromatic N) is 8. The molecule has 240 valence electrons. The quantitative estimate of drug-likeness (QED) is 0.137. The fourth-order valence-corrected chi connectivity index (χ4v) is 7.48. The number of rotatable bonds is 2. The number of alkyl halides is 1. The van der Waals surface area contributed by atoms with Crippen molar-refractivity contribution in [2.75, 3.05) is 24.6 Å². The van der Waals surface area contributed by atoms with Gasteiger partial charge in [0, 0.05) is 6.54 Å². The lowest BCUT2D eigenvalue weighted by molar-refractivity contribution is -0.452. The standard InChI is InChI=1S/C20H21FN11O11PS/c21-8-11-7(38-18(8)31-5-28-9-14(22)24-3-26-16(9)31)1-30-45(35,36)42-13-12-19(32-6-29-10-15(23)25-4-27-17(10)32)39-20(13,43-40-12)2-37-44(33,34)41-11/h3-8,11-13,18-19,30H,1-2H2,(H,33,34)(H2,22,24,26)(H2,23,25,27)/t7-,8-,11-,12-,13+,18-,19-,20+/m1/s1. The first kappa shape index (κ1) is 28.9. The molecule has 0 amide bonds. The van der Waals surface area contributed by atoms with E-state index in [-0.39, 0.29) is 34.0 Å². The third-order valence-electron chi connectivity index (χ3n) is 7.60. The van der Waals surface area contributed by atoms with Crippen molar-refractivity contribution in [3.63, 3.8) is 0 Å². The summed E-state index contributed by atoms with van der Waals surface area (Å²) in [5.74, 6) is -2.16. The molecule has 0 spiro atoms. The maximum atomic E-state index is 15.9. The fourth-order valence-electron chi connectivity index (χ4n) is 5.55. The lowest BCUT2D eigenvalue weighted by Gasteiger charge is -2.31. The zero-order chi connectivity index (χ0) is 31.3. The maximum Gasteiger partial charge on any atom is 0.472 e. The van der Waals surface area contributed by atoms with Crippen LogP contribution in [-0.2, 0) is 47.3 Å². The molecule has 8 heterocycles. The van der Waals surface area contributed by atoms with E-state index in [1.54, 1.807) is 0 Å². The number of phosphoric acid groups is 1. The summed E-state index contributed by atoms with van der Waals surface area (Å²) in [6.07, 6.45) is -6.37. The number of halogens is 1. The van der Waals surface area contributed by atoms with Gasteiger partial charge in [-0.25, -0.2) is 47.9 Å². The predicted molar refractivity (Wildman–Crippen MR) is 140 cm³/mol. The molecule has 4 aliphatic heterocycles. The summed E-state index contributed by atoms with van der Waals surface area (Å²) in [6, 6.07) is 0. The third kappa shape index (κ3) is 4.57. The van der Waals surface area contributed by atoms with E-state index in [2.05, 4.69) is 34.6 Å². The van der Waals surface area contributed by atoms with Gasteiger partial charge in [-0.1, -0.05) is 0 Å². The van der Waals surface area contributed by atoms with Gasteiger partial charge < -0.3 is 25.8 Å². The van der Waals surface area contributed by atoms with Crippen molar-refractivity contribution < 1.29 is 54.7 Å². The molecule has 8 rings (SSSR count). The number of fused-ring (bicyclic) bond motifs is 3. The van der Waals surface area contributed by atoms with E-state index < -0.39 is 80.1 Å². The van der Waals surface area contributed by atoms with Crippen molar-refractivity contribution in [1.29, 1.82) is 0 Å². The van der Waals surface area contributed by atoms with Gasteiger partial charge >= 0.3 is 18.1 Å². The molecule has 2 bridgehead atoms. The van der Waals surface area contributed by atoms with Crippen LogP contribution in [0, 0.1) is 0 Å². The van der Waals surface area contributed by atoms with E-state index >= 15 is 4.39 Å². The Balaban J connectivity index is 1.10. The Morgan fingerprint density at radius 2 is 1.64 bits per heavy atom. The van der Waals surface area contributed by atoms with Gasteiger partial charge in [0.25, 0.3) is 5.79 Å². The van der Waals surface area contributed by atoms with E-state index in [0.717, 1.165) is 6.33 Å². The lowest BCUT2D eigenvalue weighted by Crippen LogP contribution is -2.49. The van der Waals surface area contributed by atoms with Crippen LogP contribution in [0.15, 0.2) is 25.3 Å². The minimum atomic E-state index is -5.14. The summed E-state index contributed by atoms with van der Waals surface area (Å²) in [7, 11) is -9.84. The van der Waals surface area contributed by atoms with Crippen LogP contribution >= 0.6 is 7.82 Å². The number of nitrogen functional groups attached to an aromatic ring is 2. The number of anilines is 2. The highest BCUT2D eigenvalue weighted by Gasteiger charge is 2.68. The Bertz CT molecular complexity index is 1980. The van der Waals surface area contributed by atoms with Gasteiger partial charge in [0.1, 0.15) is 42.5 Å². The van der Waals surface area contributed by atoms with Crippen LogP contribution in [0.3, 0.4) is 0 Å². The maximum absolute atomic E-state index is 15.9. The molecule has 4 aromatic heterocycles. The summed E-state index contributed by atoms with van der Waals surface area (Å²) >= 11 is 0. The van der Waals surface area contributed by atoms with Gasteiger partial charge in [-0.2, -0.15) is 18.0 Å². The number of nitrogens with one attached hydrogen (secondary N) is 1. The molecule has 1 unspecified atom stereocenters. The molecule has 22 nitrogen and oxygen atoms in total. The molecule has 6 N–H and O–H groups in total. The summed E-state index contributed by atoms with van der Waals surface area (Å²) in [5.41, 5.74) is 12.3. The normalized spacial score (nSPS) is 38.1. The number of hydrogen-bond donors (Lipinski definition) is 4. The molecule has 4 fully saturated rings. The number of imidazole rings is 2. The fraction of sp³-hybridized carbons (Fsp3) is 0.500. The van der Waals surface area contributed by atoms with Crippen LogP contribution in [0.2, 0.25) is 0 Å². The highest BCUT2D eigenvalue weighted by Crippen LogP contribution is 2.54. The third-order valence-corrected chi connectivity index (χ3v) is 9.54. The van der Waals surface area contributed by atoms with Gasteiger partial charge in [0.15, 0.2) is 53.8 Å². The Labute approximate surface area is 249 Å². The molecule has 0 aliphatic carbocycles. The smallest absolute Gasteiger partial charge is 0.382 e. The van der Waals surface area contributed by atoms with E-state index in [1.807, 2.05) is 0 Å². The van der Waals surface area contributed by atoms with E-state index in [4.69, 9.17) is 43.9 Å². The molecule has 4 aliphatic rings. The largest absolute Gasteiger partial charge is 0.472 e. The molecule has 4 aromatic rings. The highest BCUT2D eigenvalue weighted by atomic mass is 32.2. The molecular formula is C20H21FN11O11PS. The monoisotopic (exact) mass is 673 g/mol. The average Bonchev–Trinajstić information content (AvgIpc) is 3.80. The summed E-state index contributed by atoms with van der Waals surface area (Å²) in [6.45, 7) is -1.65. The topological polar surface area (TPSA) is 287 Å². The molecule has 9 atom stereocenters. The zero-order valence-corrected chi connectivity index (χ0v) is 24.0. The van der Waals surface area contributed by atoms with E-state index in [9.17, 15) is 17.9 Å². The molecule has 45 heavy (non-hydrogen) atoms. The van der Waals surface area contributed by atoms with E-state index in [1.165, 1.54) is 28.1 Å². The first-order chi connectivity index (χ1) is 21.5. The van der Waals surface area contributed by atoms with Gasteiger partial charge in [0.05, 0.1) is 12.7 Å². The van der Waals surface area contributed by atoms with Crippen molar-refractivity contribution in [3.05, 3.63) is 25.3 Å². The highest BCUT2D eigenvalue weighted by molar-refractivity contribution is 7.84. The number of ether oxygens (including phenoxy) is 2. The summed E-state index contributed by atoms with van der Waals surface area (Å²) < 4.78 is 87.7. The van der Waals surface area contributed by atoms with Gasteiger partial charge in [-0.15, -0.1) is 0 Å². The van der Waals surface area contributed by atoms with Crippen LogP contribution in [0.5, 0.6) is 0 Å². The Morgan fingerprint density at radius 1 is 1.00 bits per heavy atom. The number of aromatic nitrogens is 8. The SMILES string of the molecule is Nc1ncnc2c1ncn2[C@@H]1O[C@@H]2CNS(=O)(=O)O[C@H]3[C@H]4OO[C@]3(COP(=O)(O)O[C@H]2[C@H]1F)O[C@H]4n1cnc2c(N)ncnc21. The molecule has 0 radical (unpaired) electrons. The van der Waals surface area contributed by atoms with Crippen molar-refractivity contribution in [2.24, 2.45) is 0 Å². The van der Waals surface area contributed by atoms with Crippen molar-refractivity contribution in [3.8, 4) is 0 Å². The minimum absolute atomic E-state index is 0.0153. The first-order valence-electron chi connectivity index (χ1n) is 13.0. The summed E-state index contributed by atoms with van der Waals surface area (Å²) in [4.78, 5) is 45.3. The number of nitrogens with two attached hydrogens (primary N) is 2. The molecular weight excluding hydrogens is 652 g/mol. The van der Waals surface area contributed by atoms with Crippen molar-refractivity contribution >= 4 is 52.1 Å². The van der Waals surface area contributed by atoms with Crippen LogP contribution in [0.4, 0.5) is 16.0 Å². The second-order valence-electron chi connectivity index (χ2n) is 10.3. The van der Waals surface area contributed by atoms with Gasteiger partial charge in [-0.3, -0.25) is 18.2 Å². The van der Waals surface area contributed by atoms with Gasteiger partial charge in [-0.05, 0) is 0 Å². The number of phosphoric ester groups is 1. The Hall–Kier alpha value is -3.55. The van der Waals surface area contributed by atoms with Crippen molar-refractivity contribution in [2.45, 2.75) is 48.8 Å². The molecule has 25 heteroatoms. The first-order valence-corrected chi connectivity index (χ1v) is 15.9. The zero-order valence-electron chi connectivity index (χ0n) is 22.3. The van der Waals surface area contributed by atoms with Gasteiger partial charge in [0.2, 0.25) is 0 Å². The van der Waals surface area contributed by atoms with Crippen molar-refractivity contribution in [1.82, 2.24) is 43.8 Å². The molecule has 0 aromatic carbocycles. The number of hydrogen-bond acceptors (Lipinski definition) is 18. The Kier molecular flexibility index (Phi) is 6.40. The Morgan fingerprint density at radius 3 is 2.31 bits per heavy atom. The molecule has 4 saturated heterocycles.